The van der Waals surface area contributed by atoms with Crippen molar-refractivity contribution in [3.8, 4) is 0 Å². The monoisotopic (exact) mass is 521 g/mol. The number of hydrogen-bond acceptors (Lipinski definition) is 10. The maximum Gasteiger partial charge on any atom is 0.530 e. The molecule has 0 amide bonds. The summed E-state index contributed by atoms with van der Waals surface area (Å²) in [7, 11) is 2.90. The lowest BCUT2D eigenvalue weighted by Gasteiger charge is -2.24. The van der Waals surface area contributed by atoms with Crippen molar-refractivity contribution in [3.63, 3.8) is 0 Å². The molecule has 2 N–H and O–H groups in total. The van der Waals surface area contributed by atoms with Gasteiger partial charge in [-0.15, -0.1) is 0 Å². The van der Waals surface area contributed by atoms with Crippen molar-refractivity contribution < 1.29 is 56.0 Å². The highest BCUT2D eigenvalue weighted by atomic mass is 31.2. The van der Waals surface area contributed by atoms with Gasteiger partial charge in [0, 0.05) is 19.7 Å². The highest BCUT2D eigenvalue weighted by Crippen LogP contribution is 2.50. The summed E-state index contributed by atoms with van der Waals surface area (Å²) in [6.45, 7) is 7.11. The zero-order valence-electron chi connectivity index (χ0n) is 19.6. The highest BCUT2D eigenvalue weighted by molar-refractivity contribution is 7.48. The molecule has 2 saturated heterocycles. The molecule has 17 heteroatoms. The van der Waals surface area contributed by atoms with Gasteiger partial charge in [-0.2, -0.15) is 0 Å². The van der Waals surface area contributed by atoms with Crippen LogP contribution < -0.4 is 0 Å². The molecule has 4 unspecified atom stereocenters. The molecular formula is C17H30B3O12P2. The van der Waals surface area contributed by atoms with Crippen molar-refractivity contribution in [1.82, 2.24) is 0 Å². The second-order valence-corrected chi connectivity index (χ2v) is 11.4. The maximum absolute atomic E-state index is 12.6. The standard InChI is InChI=1S/C17H30B3O12P2/c1-9(2)7-27-33(22,23)31-12-5-14(18)29-16(12)17(21)32-34(24,25)30-11-6-15(20-19)28-13(11)8-26-10(3)4/h9-16H,5-8H2,1-4H3,(H,22,23)(H,24,25)/t11?,12?,13-,14-,15-,16+/m1/s1. The molecule has 0 aromatic carbocycles. The summed E-state index contributed by atoms with van der Waals surface area (Å²) in [6, 6.07) is -1.60. The van der Waals surface area contributed by atoms with E-state index in [1.54, 1.807) is 27.7 Å². The first-order valence-electron chi connectivity index (χ1n) is 10.8. The smallest absolute Gasteiger partial charge is 0.380 e. The van der Waals surface area contributed by atoms with Gasteiger partial charge in [-0.3, -0.25) is 18.5 Å². The van der Waals surface area contributed by atoms with E-state index in [4.69, 9.17) is 43.4 Å². The molecule has 2 aliphatic heterocycles. The summed E-state index contributed by atoms with van der Waals surface area (Å²) in [5.74, 6) is -1.42. The average Bonchev–Trinajstić information content (AvgIpc) is 3.26. The number of phosphoric acid groups is 2. The third-order valence-corrected chi connectivity index (χ3v) is 6.67. The van der Waals surface area contributed by atoms with Gasteiger partial charge in [-0.1, -0.05) is 13.8 Å². The van der Waals surface area contributed by atoms with Gasteiger partial charge in [0.05, 0.1) is 26.5 Å². The van der Waals surface area contributed by atoms with E-state index in [0.29, 0.717) is 0 Å². The first-order chi connectivity index (χ1) is 15.7. The van der Waals surface area contributed by atoms with Crippen LogP contribution in [0, 0.1) is 5.92 Å². The summed E-state index contributed by atoms with van der Waals surface area (Å²) in [6.07, 6.45) is -4.88. The molecule has 2 aliphatic rings. The largest absolute Gasteiger partial charge is 0.530 e. The third-order valence-electron chi connectivity index (χ3n) is 4.71. The summed E-state index contributed by atoms with van der Waals surface area (Å²) < 4.78 is 60.7. The first kappa shape index (κ1) is 30.0. The Labute approximate surface area is 202 Å². The van der Waals surface area contributed by atoms with Crippen molar-refractivity contribution in [2.45, 2.75) is 83.1 Å². The number of phosphoric ester groups is 2. The van der Waals surface area contributed by atoms with E-state index in [-0.39, 0.29) is 38.1 Å². The molecule has 0 aromatic heterocycles. The molecule has 0 aromatic rings. The SMILES string of the molecule is [B][B][C@H]1CC(OP(=O)(O)OC(=O)[C@H]2O[C@@H]([B])CC2OP(=O)(O)OCC(C)C)[C@@H](COC(C)C)O1. The van der Waals surface area contributed by atoms with Gasteiger partial charge < -0.3 is 23.6 Å². The molecule has 0 spiro atoms. The fraction of sp³-hybridized carbons (Fsp3) is 0.941. The summed E-state index contributed by atoms with van der Waals surface area (Å²) in [5, 5.41) is 0. The third kappa shape index (κ3) is 9.69. The summed E-state index contributed by atoms with van der Waals surface area (Å²) >= 11 is 0. The van der Waals surface area contributed by atoms with Gasteiger partial charge in [-0.05, 0) is 32.6 Å². The number of ether oxygens (including phenoxy) is 3. The van der Waals surface area contributed by atoms with Crippen LogP contribution in [0.2, 0.25) is 0 Å². The Morgan fingerprint density at radius 2 is 1.74 bits per heavy atom. The van der Waals surface area contributed by atoms with E-state index >= 15 is 0 Å². The predicted molar refractivity (Wildman–Crippen MR) is 121 cm³/mol. The van der Waals surface area contributed by atoms with Gasteiger partial charge in [0.25, 0.3) is 0 Å². The molecule has 0 aliphatic carbocycles. The molecule has 12 nitrogen and oxygen atoms in total. The predicted octanol–water partition coefficient (Wildman–Crippen LogP) is 0.785. The number of carbonyl (C=O) groups is 1. The Morgan fingerprint density at radius 3 is 2.32 bits per heavy atom. The van der Waals surface area contributed by atoms with Crippen molar-refractivity contribution in [3.05, 3.63) is 0 Å². The van der Waals surface area contributed by atoms with Gasteiger partial charge in [0.15, 0.2) is 6.10 Å². The van der Waals surface area contributed by atoms with E-state index in [0.717, 1.165) is 0 Å². The topological polar surface area (TPSA) is 156 Å². The first-order valence-corrected chi connectivity index (χ1v) is 13.8. The highest BCUT2D eigenvalue weighted by Gasteiger charge is 2.47. The molecule has 2 rings (SSSR count). The normalized spacial score (nSPS) is 33.1. The van der Waals surface area contributed by atoms with Crippen LogP contribution in [0.5, 0.6) is 0 Å². The lowest BCUT2D eigenvalue weighted by atomic mass is 9.51. The Balaban J connectivity index is 2.01. The van der Waals surface area contributed by atoms with Crippen molar-refractivity contribution in [2.75, 3.05) is 13.2 Å². The Morgan fingerprint density at radius 1 is 1.09 bits per heavy atom. The van der Waals surface area contributed by atoms with Crippen LogP contribution in [-0.2, 0) is 46.2 Å². The lowest BCUT2D eigenvalue weighted by Crippen LogP contribution is -2.34. The van der Waals surface area contributed by atoms with Crippen LogP contribution in [-0.4, -0.2) is 94.3 Å². The number of rotatable bonds is 13. The van der Waals surface area contributed by atoms with E-state index < -0.39 is 58.0 Å². The van der Waals surface area contributed by atoms with Crippen LogP contribution in [0.1, 0.15) is 40.5 Å². The van der Waals surface area contributed by atoms with Gasteiger partial charge in [-0.25, -0.2) is 13.9 Å². The van der Waals surface area contributed by atoms with E-state index in [2.05, 4.69) is 4.52 Å². The van der Waals surface area contributed by atoms with Crippen LogP contribution in [0.25, 0.3) is 0 Å². The van der Waals surface area contributed by atoms with Gasteiger partial charge >= 0.3 is 21.6 Å². The van der Waals surface area contributed by atoms with E-state index in [1.165, 1.54) is 7.17 Å². The second kappa shape index (κ2) is 12.9. The average molecular weight is 521 g/mol. The number of carbonyl (C=O) groups excluding carboxylic acids is 1. The quantitative estimate of drug-likeness (QED) is 0.260. The van der Waals surface area contributed by atoms with Crippen LogP contribution in [0.4, 0.5) is 0 Å². The van der Waals surface area contributed by atoms with Crippen molar-refractivity contribution in [1.29, 1.82) is 0 Å². The van der Waals surface area contributed by atoms with Crippen molar-refractivity contribution >= 4 is 44.4 Å². The molecule has 2 heterocycles. The lowest BCUT2D eigenvalue weighted by molar-refractivity contribution is -0.151. The molecule has 34 heavy (non-hydrogen) atoms. The fourth-order valence-corrected chi connectivity index (χ4v) is 5.23. The zero-order valence-corrected chi connectivity index (χ0v) is 21.3. The molecule has 189 valence electrons. The second-order valence-electron chi connectivity index (χ2n) is 8.68. The Hall–Kier alpha value is -0.195. The van der Waals surface area contributed by atoms with Crippen molar-refractivity contribution in [2.24, 2.45) is 5.92 Å². The van der Waals surface area contributed by atoms with Crippen LogP contribution in [0.15, 0.2) is 0 Å². The Kier molecular flexibility index (Phi) is 11.4. The van der Waals surface area contributed by atoms with E-state index in [9.17, 15) is 23.7 Å². The minimum atomic E-state index is -4.97. The van der Waals surface area contributed by atoms with Crippen LogP contribution in [0.3, 0.4) is 0 Å². The molecule has 0 bridgehead atoms. The van der Waals surface area contributed by atoms with Crippen LogP contribution >= 0.6 is 15.6 Å². The van der Waals surface area contributed by atoms with Gasteiger partial charge in [0.1, 0.15) is 26.2 Å². The maximum atomic E-state index is 12.6. The minimum absolute atomic E-state index is 0.0548. The zero-order chi connectivity index (χ0) is 25.7. The number of hydrogen-bond donors (Lipinski definition) is 2. The van der Waals surface area contributed by atoms with E-state index in [1.807, 2.05) is 0 Å². The van der Waals surface area contributed by atoms with Gasteiger partial charge in [0.2, 0.25) is 0 Å². The molecule has 0 saturated carbocycles. The molecule has 8 atom stereocenters. The fourth-order valence-electron chi connectivity index (χ4n) is 3.21. The molecule has 2 fully saturated rings. The summed E-state index contributed by atoms with van der Waals surface area (Å²) in [5.41, 5.74) is 0. The Bertz CT molecular complexity index is 772. The summed E-state index contributed by atoms with van der Waals surface area (Å²) in [4.78, 5) is 32.6. The minimum Gasteiger partial charge on any atom is -0.380 e. The molecule has 5 radical (unpaired) electrons. The molecular weight excluding hydrogens is 491 g/mol.